The molecule has 172 valence electrons. The molecule has 0 saturated carbocycles. The van der Waals surface area contributed by atoms with E-state index >= 15 is 0 Å². The standard InChI is InChI=1S/C23H21Cl2N3O5/c1-12(22-27-26-13(2)32-22)28-20(14-6-8-16(24)9-7-14)21(15-4-3-5-17(25)10-15)33-18(23(28)31)11-19(29)30/h3-10,12,18,20-21H,11H2,1-2H3,(H,29,30)/t12-,18+,20-,21+/m1/s1. The summed E-state index contributed by atoms with van der Waals surface area (Å²) in [5.41, 5.74) is 1.44. The van der Waals surface area contributed by atoms with E-state index in [4.69, 9.17) is 32.4 Å². The van der Waals surface area contributed by atoms with E-state index in [-0.39, 0.29) is 5.89 Å². The molecule has 0 bridgehead atoms. The predicted molar refractivity (Wildman–Crippen MR) is 120 cm³/mol. The van der Waals surface area contributed by atoms with Crippen LogP contribution in [-0.2, 0) is 14.3 Å². The second-order valence-corrected chi connectivity index (χ2v) is 8.65. The van der Waals surface area contributed by atoms with Crippen molar-refractivity contribution in [3.8, 4) is 0 Å². The summed E-state index contributed by atoms with van der Waals surface area (Å²) in [4.78, 5) is 26.6. The van der Waals surface area contributed by atoms with Crippen LogP contribution < -0.4 is 0 Å². The smallest absolute Gasteiger partial charge is 0.306 e. The van der Waals surface area contributed by atoms with Crippen molar-refractivity contribution in [1.82, 2.24) is 15.1 Å². The third-order valence-electron chi connectivity index (χ3n) is 5.49. The number of carboxylic acid groups (broad SMARTS) is 1. The molecule has 1 fully saturated rings. The Morgan fingerprint density at radius 2 is 1.85 bits per heavy atom. The lowest BCUT2D eigenvalue weighted by Gasteiger charge is -2.46. The van der Waals surface area contributed by atoms with Crippen LogP contribution in [0.5, 0.6) is 0 Å². The van der Waals surface area contributed by atoms with E-state index < -0.39 is 42.6 Å². The van der Waals surface area contributed by atoms with Crippen molar-refractivity contribution in [1.29, 1.82) is 0 Å². The molecule has 1 aliphatic heterocycles. The van der Waals surface area contributed by atoms with E-state index in [0.717, 1.165) is 5.56 Å². The number of aryl methyl sites for hydroxylation is 1. The molecular weight excluding hydrogens is 469 g/mol. The summed E-state index contributed by atoms with van der Waals surface area (Å²) in [6.07, 6.45) is -2.41. The Kier molecular flexibility index (Phi) is 6.69. The van der Waals surface area contributed by atoms with Gasteiger partial charge in [0.25, 0.3) is 5.91 Å². The summed E-state index contributed by atoms with van der Waals surface area (Å²) in [5.74, 6) is -1.04. The summed E-state index contributed by atoms with van der Waals surface area (Å²) in [6.45, 7) is 3.41. The highest BCUT2D eigenvalue weighted by molar-refractivity contribution is 6.30. The summed E-state index contributed by atoms with van der Waals surface area (Å²) in [6, 6.07) is 12.8. The molecule has 10 heteroatoms. The lowest BCUT2D eigenvalue weighted by Crippen LogP contribution is -2.52. The molecule has 1 aliphatic rings. The molecular formula is C23H21Cl2N3O5. The molecule has 0 spiro atoms. The average Bonchev–Trinajstić information content (AvgIpc) is 3.21. The zero-order valence-corrected chi connectivity index (χ0v) is 19.3. The minimum absolute atomic E-state index is 0.237. The Bertz CT molecular complexity index is 1170. The minimum atomic E-state index is -1.21. The van der Waals surface area contributed by atoms with Crippen LogP contribution in [-0.4, -0.2) is 38.2 Å². The van der Waals surface area contributed by atoms with Crippen molar-refractivity contribution in [3.63, 3.8) is 0 Å². The number of nitrogens with zero attached hydrogens (tertiary/aromatic N) is 3. The third-order valence-corrected chi connectivity index (χ3v) is 5.98. The van der Waals surface area contributed by atoms with Crippen LogP contribution in [0.1, 0.15) is 54.4 Å². The summed E-state index contributed by atoms with van der Waals surface area (Å²) in [5, 5.41) is 18.4. The number of carbonyl (C=O) groups excluding carboxylic acids is 1. The van der Waals surface area contributed by atoms with Gasteiger partial charge >= 0.3 is 5.97 Å². The van der Waals surface area contributed by atoms with E-state index in [9.17, 15) is 14.7 Å². The van der Waals surface area contributed by atoms with Gasteiger partial charge in [-0.3, -0.25) is 9.59 Å². The van der Waals surface area contributed by atoms with Crippen LogP contribution in [0.3, 0.4) is 0 Å². The van der Waals surface area contributed by atoms with Crippen LogP contribution in [0.25, 0.3) is 0 Å². The number of carboxylic acids is 1. The highest BCUT2D eigenvalue weighted by atomic mass is 35.5. The molecule has 0 aliphatic carbocycles. The van der Waals surface area contributed by atoms with Crippen molar-refractivity contribution >= 4 is 35.1 Å². The first kappa shape index (κ1) is 23.2. The third kappa shape index (κ3) is 4.88. The van der Waals surface area contributed by atoms with E-state index in [1.807, 2.05) is 6.07 Å². The number of halogens is 2. The number of benzene rings is 2. The monoisotopic (exact) mass is 489 g/mol. The fourth-order valence-corrected chi connectivity index (χ4v) is 4.35. The van der Waals surface area contributed by atoms with Gasteiger partial charge in [0.15, 0.2) is 0 Å². The number of amides is 1. The largest absolute Gasteiger partial charge is 0.481 e. The maximum absolute atomic E-state index is 13.6. The molecule has 1 amide bonds. The Hall–Kier alpha value is -2.94. The first-order valence-corrected chi connectivity index (χ1v) is 11.0. The number of ether oxygens (including phenoxy) is 1. The molecule has 4 atom stereocenters. The van der Waals surface area contributed by atoms with Crippen LogP contribution in [0.2, 0.25) is 10.0 Å². The number of rotatable bonds is 6. The predicted octanol–water partition coefficient (Wildman–Crippen LogP) is 4.93. The molecule has 33 heavy (non-hydrogen) atoms. The molecule has 8 nitrogen and oxygen atoms in total. The molecule has 1 N–H and O–H groups in total. The van der Waals surface area contributed by atoms with Crippen LogP contribution >= 0.6 is 23.2 Å². The minimum Gasteiger partial charge on any atom is -0.481 e. The number of hydrogen-bond acceptors (Lipinski definition) is 6. The molecule has 4 rings (SSSR count). The Morgan fingerprint density at radius 1 is 1.12 bits per heavy atom. The van der Waals surface area contributed by atoms with Gasteiger partial charge in [-0.25, -0.2) is 0 Å². The highest BCUT2D eigenvalue weighted by Crippen LogP contribution is 2.46. The zero-order chi connectivity index (χ0) is 23.7. The maximum Gasteiger partial charge on any atom is 0.306 e. The molecule has 2 aromatic carbocycles. The van der Waals surface area contributed by atoms with Gasteiger partial charge in [-0.15, -0.1) is 10.2 Å². The number of hydrogen-bond donors (Lipinski definition) is 1. The van der Waals surface area contributed by atoms with Gasteiger partial charge in [0.1, 0.15) is 18.2 Å². The first-order chi connectivity index (χ1) is 15.7. The number of aromatic nitrogens is 2. The SMILES string of the molecule is Cc1nnc([C@@H](C)N2C(=O)[C@H](CC(=O)O)O[C@@H](c3cccc(Cl)c3)[C@H]2c2ccc(Cl)cc2)o1. The lowest BCUT2D eigenvalue weighted by molar-refractivity contribution is -0.183. The molecule has 1 aromatic heterocycles. The summed E-state index contributed by atoms with van der Waals surface area (Å²) >= 11 is 12.3. The Labute approximate surface area is 200 Å². The van der Waals surface area contributed by atoms with Gasteiger partial charge in [0.05, 0.1) is 12.5 Å². The zero-order valence-electron chi connectivity index (χ0n) is 17.8. The second kappa shape index (κ2) is 9.51. The topological polar surface area (TPSA) is 106 Å². The van der Waals surface area contributed by atoms with E-state index in [1.165, 1.54) is 0 Å². The fraction of sp³-hybridized carbons (Fsp3) is 0.304. The van der Waals surface area contributed by atoms with Crippen LogP contribution in [0.4, 0.5) is 0 Å². The highest BCUT2D eigenvalue weighted by Gasteiger charge is 2.47. The first-order valence-electron chi connectivity index (χ1n) is 10.2. The van der Waals surface area contributed by atoms with Crippen LogP contribution in [0, 0.1) is 6.92 Å². The molecule has 2 heterocycles. The number of aliphatic carboxylic acids is 1. The summed E-state index contributed by atoms with van der Waals surface area (Å²) in [7, 11) is 0. The number of carbonyl (C=O) groups is 2. The van der Waals surface area contributed by atoms with Gasteiger partial charge < -0.3 is 19.2 Å². The van der Waals surface area contributed by atoms with Gasteiger partial charge in [0.2, 0.25) is 11.8 Å². The quantitative estimate of drug-likeness (QED) is 0.522. The molecule has 3 aromatic rings. The lowest BCUT2D eigenvalue weighted by atomic mass is 9.90. The van der Waals surface area contributed by atoms with Gasteiger partial charge in [-0.05, 0) is 42.3 Å². The number of morpholine rings is 1. The Morgan fingerprint density at radius 3 is 2.45 bits per heavy atom. The van der Waals surface area contributed by atoms with Gasteiger partial charge in [-0.1, -0.05) is 47.5 Å². The Balaban J connectivity index is 1.87. The maximum atomic E-state index is 13.6. The van der Waals surface area contributed by atoms with Crippen molar-refractivity contribution in [2.45, 2.75) is 44.6 Å². The van der Waals surface area contributed by atoms with Crippen molar-refractivity contribution < 1.29 is 23.8 Å². The summed E-state index contributed by atoms with van der Waals surface area (Å²) < 4.78 is 11.8. The van der Waals surface area contributed by atoms with Crippen molar-refractivity contribution in [2.75, 3.05) is 0 Å². The average molecular weight is 490 g/mol. The van der Waals surface area contributed by atoms with E-state index in [1.54, 1.807) is 61.2 Å². The normalized spacial score (nSPS) is 21.8. The van der Waals surface area contributed by atoms with Gasteiger partial charge in [0, 0.05) is 17.0 Å². The van der Waals surface area contributed by atoms with Crippen molar-refractivity contribution in [3.05, 3.63) is 81.5 Å². The molecule has 1 saturated heterocycles. The molecule has 0 unspecified atom stereocenters. The van der Waals surface area contributed by atoms with E-state index in [2.05, 4.69) is 10.2 Å². The van der Waals surface area contributed by atoms with Crippen molar-refractivity contribution in [2.24, 2.45) is 0 Å². The molecule has 0 radical (unpaired) electrons. The fourth-order valence-electron chi connectivity index (χ4n) is 4.02. The van der Waals surface area contributed by atoms with Gasteiger partial charge in [-0.2, -0.15) is 0 Å². The van der Waals surface area contributed by atoms with Crippen LogP contribution in [0.15, 0.2) is 52.9 Å². The van der Waals surface area contributed by atoms with E-state index in [0.29, 0.717) is 21.5 Å². The second-order valence-electron chi connectivity index (χ2n) is 7.78.